The fraction of sp³-hybridized carbons (Fsp3) is 0.0690. The summed E-state index contributed by atoms with van der Waals surface area (Å²) < 4.78 is 87.5. The summed E-state index contributed by atoms with van der Waals surface area (Å²) in [6.07, 6.45) is 0. The summed E-state index contributed by atoms with van der Waals surface area (Å²) in [6, 6.07) is 62.6. The van der Waals surface area contributed by atoms with Crippen LogP contribution in [-0.4, -0.2) is 33.2 Å². The number of hydrogen-bond acceptors (Lipinski definition) is 6. The minimum Gasteiger partial charge on any atom is -0.279 e. The van der Waals surface area contributed by atoms with Crippen LogP contribution in [0.5, 0.6) is 0 Å². The van der Waals surface area contributed by atoms with Crippen LogP contribution in [0.25, 0.3) is 65.9 Å². The van der Waals surface area contributed by atoms with E-state index in [1.54, 1.807) is 115 Å². The van der Waals surface area contributed by atoms with Crippen molar-refractivity contribution in [2.24, 2.45) is 0 Å². The molecule has 0 radical (unpaired) electrons. The van der Waals surface area contributed by atoms with E-state index in [0.717, 1.165) is 44.2 Å². The normalized spacial score (nSPS) is 12.1. The van der Waals surface area contributed by atoms with E-state index in [4.69, 9.17) is 0 Å². The smallest absolute Gasteiger partial charge is 0.268 e. The number of aromatic nitrogens is 2. The first-order chi connectivity index (χ1) is 33.6. The quantitative estimate of drug-likeness (QED) is 0.154. The lowest BCUT2D eigenvalue weighted by Gasteiger charge is -2.14. The van der Waals surface area contributed by atoms with Gasteiger partial charge in [-0.3, -0.25) is 4.72 Å². The van der Waals surface area contributed by atoms with Crippen LogP contribution < -0.4 is 4.72 Å². The van der Waals surface area contributed by atoms with E-state index in [1.165, 1.54) is 19.1 Å². The predicted octanol–water partition coefficient (Wildman–Crippen LogP) is 13.4. The van der Waals surface area contributed by atoms with Gasteiger partial charge in [0.25, 0.3) is 30.1 Å². The zero-order valence-corrected chi connectivity index (χ0v) is 41.1. The van der Waals surface area contributed by atoms with Crippen LogP contribution in [0.3, 0.4) is 0 Å². The van der Waals surface area contributed by atoms with Crippen LogP contribution in [0.2, 0.25) is 0 Å². The van der Waals surface area contributed by atoms with Gasteiger partial charge in [-0.1, -0.05) is 156 Å². The van der Waals surface area contributed by atoms with Crippen LogP contribution in [0.15, 0.2) is 221 Å². The van der Waals surface area contributed by atoms with Gasteiger partial charge in [0.05, 0.1) is 42.4 Å². The van der Waals surface area contributed by atoms with Crippen LogP contribution in [0.4, 0.5) is 5.69 Å². The molecular weight excluding hydrogens is 931 g/mol. The first kappa shape index (κ1) is 46.0. The van der Waals surface area contributed by atoms with E-state index >= 15 is 0 Å². The average molecular weight is 978 g/mol. The number of sulfonamides is 1. The molecule has 9 aromatic carbocycles. The SMILES string of the molecule is Cc1ccc(S(=O)(=O)Nc2ccccc2-c2ccc(-c3ccccc3C)cc2)cc1.Cc1ccc(S(=O)(=O)n2c3ccccc3c3cc4c(cc32)c2ccccc2n4S(=O)(=O)c2ccc(C)cc2)cc1. The maximum absolute atomic E-state index is 14.1. The third-order valence-corrected chi connectivity index (χ3v) is 17.5. The summed E-state index contributed by atoms with van der Waals surface area (Å²) >= 11 is 0. The highest BCUT2D eigenvalue weighted by atomic mass is 32.2. The Balaban J connectivity index is 0.000000169. The van der Waals surface area contributed by atoms with Crippen LogP contribution in [0.1, 0.15) is 22.3 Å². The number of para-hydroxylation sites is 3. The van der Waals surface area contributed by atoms with Crippen molar-refractivity contribution in [2.75, 3.05) is 4.72 Å². The molecule has 0 saturated carbocycles. The fourth-order valence-corrected chi connectivity index (χ4v) is 13.1. The Morgan fingerprint density at radius 1 is 0.343 bits per heavy atom. The number of fused-ring (bicyclic) bond motifs is 6. The second-order valence-electron chi connectivity index (χ2n) is 17.4. The first-order valence-electron chi connectivity index (χ1n) is 22.6. The molecule has 11 rings (SSSR count). The maximum atomic E-state index is 14.1. The van der Waals surface area contributed by atoms with Gasteiger partial charge in [0.1, 0.15) is 0 Å². The number of benzene rings is 9. The molecule has 348 valence electrons. The molecule has 0 amide bonds. The first-order valence-corrected chi connectivity index (χ1v) is 26.9. The molecule has 0 aliphatic heterocycles. The third-order valence-electron chi connectivity index (χ3n) is 12.7. The monoisotopic (exact) mass is 977 g/mol. The van der Waals surface area contributed by atoms with Crippen LogP contribution >= 0.6 is 0 Å². The molecule has 0 saturated heterocycles. The van der Waals surface area contributed by atoms with Crippen molar-refractivity contribution >= 4 is 79.4 Å². The number of nitrogens with zero attached hydrogens (tertiary/aromatic N) is 2. The maximum Gasteiger partial charge on any atom is 0.268 e. The van der Waals surface area contributed by atoms with Gasteiger partial charge in [0.2, 0.25) is 0 Å². The van der Waals surface area contributed by atoms with Gasteiger partial charge in [0, 0.05) is 27.1 Å². The van der Waals surface area contributed by atoms with Crippen LogP contribution in [-0.2, 0) is 30.1 Å². The summed E-state index contributed by atoms with van der Waals surface area (Å²) in [4.78, 5) is 0.619. The van der Waals surface area contributed by atoms with Crippen molar-refractivity contribution in [3.05, 3.63) is 229 Å². The molecule has 9 nitrogen and oxygen atoms in total. The average Bonchev–Trinajstić information content (AvgIpc) is 3.87. The molecule has 12 heteroatoms. The van der Waals surface area contributed by atoms with Gasteiger partial charge in [-0.05, 0) is 117 Å². The molecule has 2 heterocycles. The van der Waals surface area contributed by atoms with Gasteiger partial charge in [0.15, 0.2) is 0 Å². The third kappa shape index (κ3) is 8.33. The van der Waals surface area contributed by atoms with E-state index in [9.17, 15) is 25.3 Å². The zero-order valence-electron chi connectivity index (χ0n) is 38.7. The minimum absolute atomic E-state index is 0.185. The molecule has 0 spiro atoms. The summed E-state index contributed by atoms with van der Waals surface area (Å²) in [6.45, 7) is 7.85. The lowest BCUT2D eigenvalue weighted by atomic mass is 9.97. The topological polar surface area (TPSA) is 124 Å². The molecule has 0 atom stereocenters. The molecule has 0 fully saturated rings. The van der Waals surface area contributed by atoms with E-state index in [1.807, 2.05) is 87.5 Å². The molecule has 1 N–H and O–H groups in total. The van der Waals surface area contributed by atoms with E-state index in [2.05, 4.69) is 35.9 Å². The van der Waals surface area contributed by atoms with Gasteiger partial charge in [-0.25, -0.2) is 33.2 Å². The highest BCUT2D eigenvalue weighted by molar-refractivity contribution is 7.92. The Bertz CT molecular complexity index is 3970. The molecular formula is C58H47N3O6S3. The molecule has 11 aromatic rings. The zero-order chi connectivity index (χ0) is 49.0. The second kappa shape index (κ2) is 18.0. The number of aryl methyl sites for hydroxylation is 4. The summed E-state index contributed by atoms with van der Waals surface area (Å²) in [5, 5.41) is 2.75. The molecule has 0 bridgehead atoms. The summed E-state index contributed by atoms with van der Waals surface area (Å²) in [5.74, 6) is 0. The highest BCUT2D eigenvalue weighted by Gasteiger charge is 2.28. The Labute approximate surface area is 408 Å². The van der Waals surface area contributed by atoms with Crippen molar-refractivity contribution in [2.45, 2.75) is 42.4 Å². The lowest BCUT2D eigenvalue weighted by Crippen LogP contribution is -2.13. The molecule has 0 unspecified atom stereocenters. The second-order valence-corrected chi connectivity index (χ2v) is 22.7. The fourth-order valence-electron chi connectivity index (χ4n) is 8.98. The van der Waals surface area contributed by atoms with E-state index in [-0.39, 0.29) is 14.7 Å². The predicted molar refractivity (Wildman–Crippen MR) is 284 cm³/mol. The van der Waals surface area contributed by atoms with Gasteiger partial charge in [-0.2, -0.15) is 0 Å². The number of hydrogen-bond donors (Lipinski definition) is 1. The van der Waals surface area contributed by atoms with E-state index < -0.39 is 30.1 Å². The Morgan fingerprint density at radius 3 is 1.17 bits per heavy atom. The highest BCUT2D eigenvalue weighted by Crippen LogP contribution is 2.40. The molecule has 0 aliphatic rings. The molecule has 2 aromatic heterocycles. The van der Waals surface area contributed by atoms with E-state index in [0.29, 0.717) is 38.5 Å². The number of rotatable bonds is 9. The Hall–Kier alpha value is -7.77. The van der Waals surface area contributed by atoms with Gasteiger partial charge in [-0.15, -0.1) is 0 Å². The van der Waals surface area contributed by atoms with Crippen molar-refractivity contribution in [1.29, 1.82) is 0 Å². The summed E-state index contributed by atoms with van der Waals surface area (Å²) in [7, 11) is -11.6. The standard InChI is InChI=1S/C32H24N2O4S2.C26H23NO2S/c1-21-11-15-23(16-12-21)39(35,36)33-29-9-5-3-7-25(29)27-20-32-28(19-31(27)33)26-8-4-6-10-30(26)34(32)40(37,38)24-17-13-22(2)14-18-24;1-19-11-17-23(18-12-19)30(28,29)27-26-10-6-5-9-25(26)22-15-13-21(14-16-22)24-8-4-3-7-20(24)2/h3-20H,1-2H3;3-18,27H,1-2H3. The van der Waals surface area contributed by atoms with Crippen molar-refractivity contribution in [1.82, 2.24) is 7.94 Å². The Kier molecular flexibility index (Phi) is 11.8. The minimum atomic E-state index is -3.96. The number of anilines is 1. The van der Waals surface area contributed by atoms with Gasteiger partial charge < -0.3 is 0 Å². The van der Waals surface area contributed by atoms with Gasteiger partial charge >= 0.3 is 0 Å². The van der Waals surface area contributed by atoms with Crippen LogP contribution in [0, 0.1) is 27.7 Å². The lowest BCUT2D eigenvalue weighted by molar-refractivity contribution is 0.588. The number of nitrogens with one attached hydrogen (secondary N) is 1. The Morgan fingerprint density at radius 2 is 0.714 bits per heavy atom. The summed E-state index contributed by atoms with van der Waals surface area (Å²) in [5.41, 5.74) is 10.9. The largest absolute Gasteiger partial charge is 0.279 e. The molecule has 0 aliphatic carbocycles. The molecule has 70 heavy (non-hydrogen) atoms. The van der Waals surface area contributed by atoms with Crippen molar-refractivity contribution < 1.29 is 25.3 Å². The van der Waals surface area contributed by atoms with Crippen molar-refractivity contribution in [3.63, 3.8) is 0 Å². The van der Waals surface area contributed by atoms with Crippen molar-refractivity contribution in [3.8, 4) is 22.3 Å².